The molecule has 2 aliphatic heterocycles. The number of benzene rings is 2. The van der Waals surface area contributed by atoms with Gasteiger partial charge >= 0.3 is 0 Å². The molecule has 0 N–H and O–H groups in total. The highest BCUT2D eigenvalue weighted by molar-refractivity contribution is 7.89. The van der Waals surface area contributed by atoms with Crippen LogP contribution in [0.5, 0.6) is 11.5 Å². The van der Waals surface area contributed by atoms with Gasteiger partial charge in [-0.05, 0) is 55.7 Å². The van der Waals surface area contributed by atoms with E-state index >= 15 is 0 Å². The molecule has 0 bridgehead atoms. The SMILES string of the molecule is COc1ccc(S(=O)(=O)N2CCC(C(=O)N3CCC(Cc4ccccc4)CC3)CC2)cc1OC. The fourth-order valence-electron chi connectivity index (χ4n) is 5.03. The van der Waals surface area contributed by atoms with Gasteiger partial charge in [0.15, 0.2) is 11.5 Å². The van der Waals surface area contributed by atoms with E-state index in [0.717, 1.165) is 32.4 Å². The van der Waals surface area contributed by atoms with E-state index in [0.29, 0.717) is 43.3 Å². The van der Waals surface area contributed by atoms with Crippen molar-refractivity contribution >= 4 is 15.9 Å². The van der Waals surface area contributed by atoms with Crippen LogP contribution in [0.25, 0.3) is 0 Å². The standard InChI is InChI=1S/C26H34N2O5S/c1-32-24-9-8-23(19-25(24)33-2)34(30,31)28-16-12-22(13-17-28)26(29)27-14-10-21(11-15-27)18-20-6-4-3-5-7-20/h3-9,19,21-22H,10-18H2,1-2H3. The summed E-state index contributed by atoms with van der Waals surface area (Å²) in [5.74, 6) is 1.55. The number of nitrogens with zero attached hydrogens (tertiary/aromatic N) is 2. The maximum absolute atomic E-state index is 13.2. The third-order valence-corrected chi connectivity index (χ3v) is 8.98. The van der Waals surface area contributed by atoms with Crippen LogP contribution in [-0.2, 0) is 21.2 Å². The number of hydrogen-bond acceptors (Lipinski definition) is 5. The Labute approximate surface area is 202 Å². The Bertz CT molecular complexity index is 1070. The van der Waals surface area contributed by atoms with Crippen molar-refractivity contribution in [2.75, 3.05) is 40.4 Å². The Hall–Kier alpha value is -2.58. The van der Waals surface area contributed by atoms with Crippen molar-refractivity contribution in [2.45, 2.75) is 37.0 Å². The lowest BCUT2D eigenvalue weighted by Crippen LogP contribution is -2.46. The number of carbonyl (C=O) groups excluding carboxylic acids is 1. The van der Waals surface area contributed by atoms with E-state index < -0.39 is 10.0 Å². The first-order valence-electron chi connectivity index (χ1n) is 12.0. The fourth-order valence-corrected chi connectivity index (χ4v) is 6.52. The molecule has 2 aromatic rings. The van der Waals surface area contributed by atoms with Crippen molar-refractivity contribution in [1.29, 1.82) is 0 Å². The lowest BCUT2D eigenvalue weighted by molar-refractivity contribution is -0.138. The second-order valence-electron chi connectivity index (χ2n) is 9.15. The number of ether oxygens (including phenoxy) is 2. The molecular formula is C26H34N2O5S. The molecule has 2 saturated heterocycles. The van der Waals surface area contributed by atoms with Crippen molar-refractivity contribution in [2.24, 2.45) is 11.8 Å². The molecule has 7 nitrogen and oxygen atoms in total. The number of amides is 1. The Kier molecular flexibility index (Phi) is 7.78. The van der Waals surface area contributed by atoms with Crippen LogP contribution in [0.4, 0.5) is 0 Å². The highest BCUT2D eigenvalue weighted by atomic mass is 32.2. The van der Waals surface area contributed by atoms with Gasteiger partial charge in [0.2, 0.25) is 15.9 Å². The van der Waals surface area contributed by atoms with Gasteiger partial charge < -0.3 is 14.4 Å². The van der Waals surface area contributed by atoms with Crippen LogP contribution in [0.1, 0.15) is 31.2 Å². The second-order valence-corrected chi connectivity index (χ2v) is 11.1. The maximum atomic E-state index is 13.2. The summed E-state index contributed by atoms with van der Waals surface area (Å²) in [6.07, 6.45) is 4.21. The van der Waals surface area contributed by atoms with E-state index in [2.05, 4.69) is 24.3 Å². The van der Waals surface area contributed by atoms with Gasteiger partial charge in [0.05, 0.1) is 19.1 Å². The zero-order chi connectivity index (χ0) is 24.1. The van der Waals surface area contributed by atoms with E-state index in [4.69, 9.17) is 9.47 Å². The van der Waals surface area contributed by atoms with Gasteiger partial charge in [0.25, 0.3) is 0 Å². The Morgan fingerprint density at radius 1 is 0.882 bits per heavy atom. The number of likely N-dealkylation sites (tertiary alicyclic amines) is 1. The van der Waals surface area contributed by atoms with Crippen LogP contribution in [0, 0.1) is 11.8 Å². The van der Waals surface area contributed by atoms with Gasteiger partial charge in [-0.1, -0.05) is 30.3 Å². The van der Waals surface area contributed by atoms with E-state index in [1.165, 1.54) is 36.2 Å². The summed E-state index contributed by atoms with van der Waals surface area (Å²) in [5.41, 5.74) is 1.36. The van der Waals surface area contributed by atoms with Gasteiger partial charge in [-0.2, -0.15) is 4.31 Å². The summed E-state index contributed by atoms with van der Waals surface area (Å²) in [7, 11) is -0.662. The van der Waals surface area contributed by atoms with Crippen LogP contribution in [0.2, 0.25) is 0 Å². The summed E-state index contributed by atoms with van der Waals surface area (Å²) in [4.78, 5) is 15.3. The molecular weight excluding hydrogens is 452 g/mol. The van der Waals surface area contributed by atoms with Crippen molar-refractivity contribution < 1.29 is 22.7 Å². The average molecular weight is 487 g/mol. The first-order valence-corrected chi connectivity index (χ1v) is 13.4. The molecule has 0 aromatic heterocycles. The van der Waals surface area contributed by atoms with Crippen LogP contribution in [0.3, 0.4) is 0 Å². The van der Waals surface area contributed by atoms with Crippen LogP contribution >= 0.6 is 0 Å². The minimum absolute atomic E-state index is 0.109. The van der Waals surface area contributed by atoms with E-state index in [1.54, 1.807) is 6.07 Å². The molecule has 0 unspecified atom stereocenters. The predicted octanol–water partition coefficient (Wildman–Crippen LogP) is 3.59. The molecule has 0 spiro atoms. The normalized spacial score (nSPS) is 18.6. The van der Waals surface area contributed by atoms with Gasteiger partial charge in [0.1, 0.15) is 0 Å². The number of piperidine rings is 2. The average Bonchev–Trinajstić information content (AvgIpc) is 2.89. The third-order valence-electron chi connectivity index (χ3n) is 7.09. The number of sulfonamides is 1. The summed E-state index contributed by atoms with van der Waals surface area (Å²) in [5, 5.41) is 0. The number of rotatable bonds is 7. The number of hydrogen-bond donors (Lipinski definition) is 0. The zero-order valence-electron chi connectivity index (χ0n) is 20.0. The van der Waals surface area contributed by atoms with Crippen molar-refractivity contribution in [1.82, 2.24) is 9.21 Å². The first kappa shape index (κ1) is 24.5. The highest BCUT2D eigenvalue weighted by Gasteiger charge is 2.35. The van der Waals surface area contributed by atoms with Gasteiger partial charge in [-0.15, -0.1) is 0 Å². The fraction of sp³-hybridized carbons (Fsp3) is 0.500. The summed E-state index contributed by atoms with van der Waals surface area (Å²) in [6.45, 7) is 2.27. The van der Waals surface area contributed by atoms with Crippen LogP contribution in [0.15, 0.2) is 53.4 Å². The molecule has 0 atom stereocenters. The van der Waals surface area contributed by atoms with Gasteiger partial charge in [0, 0.05) is 38.2 Å². The molecule has 0 aliphatic carbocycles. The number of carbonyl (C=O) groups is 1. The minimum Gasteiger partial charge on any atom is -0.493 e. The second kappa shape index (κ2) is 10.8. The molecule has 0 saturated carbocycles. The summed E-state index contributed by atoms with van der Waals surface area (Å²) in [6, 6.07) is 15.2. The maximum Gasteiger partial charge on any atom is 0.243 e. The molecule has 2 aliphatic rings. The first-order chi connectivity index (χ1) is 16.4. The molecule has 8 heteroatoms. The van der Waals surface area contributed by atoms with E-state index in [-0.39, 0.29) is 16.7 Å². The monoisotopic (exact) mass is 486 g/mol. The number of methoxy groups -OCH3 is 2. The highest BCUT2D eigenvalue weighted by Crippen LogP contribution is 2.32. The largest absolute Gasteiger partial charge is 0.493 e. The quantitative estimate of drug-likeness (QED) is 0.598. The molecule has 34 heavy (non-hydrogen) atoms. The van der Waals surface area contributed by atoms with Crippen LogP contribution in [-0.4, -0.2) is 63.9 Å². The molecule has 4 rings (SSSR count). The van der Waals surface area contributed by atoms with E-state index in [1.807, 2.05) is 11.0 Å². The van der Waals surface area contributed by atoms with Gasteiger partial charge in [-0.3, -0.25) is 4.79 Å². The van der Waals surface area contributed by atoms with Crippen molar-refractivity contribution in [3.8, 4) is 11.5 Å². The third kappa shape index (κ3) is 5.39. The summed E-state index contributed by atoms with van der Waals surface area (Å²) >= 11 is 0. The van der Waals surface area contributed by atoms with Crippen LogP contribution < -0.4 is 9.47 Å². The Balaban J connectivity index is 1.30. The topological polar surface area (TPSA) is 76.2 Å². The van der Waals surface area contributed by atoms with Crippen molar-refractivity contribution in [3.05, 3.63) is 54.1 Å². The molecule has 2 heterocycles. The molecule has 0 radical (unpaired) electrons. The van der Waals surface area contributed by atoms with Gasteiger partial charge in [-0.25, -0.2) is 8.42 Å². The smallest absolute Gasteiger partial charge is 0.243 e. The Morgan fingerprint density at radius 2 is 1.53 bits per heavy atom. The lowest BCUT2D eigenvalue weighted by Gasteiger charge is -2.37. The molecule has 1 amide bonds. The lowest BCUT2D eigenvalue weighted by atomic mass is 9.89. The molecule has 2 fully saturated rings. The zero-order valence-corrected chi connectivity index (χ0v) is 20.8. The molecule has 184 valence electrons. The molecule has 2 aromatic carbocycles. The van der Waals surface area contributed by atoms with E-state index in [9.17, 15) is 13.2 Å². The van der Waals surface area contributed by atoms with Crippen molar-refractivity contribution in [3.63, 3.8) is 0 Å². The predicted molar refractivity (Wildman–Crippen MR) is 130 cm³/mol. The minimum atomic E-state index is -3.66. The Morgan fingerprint density at radius 3 is 2.15 bits per heavy atom. The summed E-state index contributed by atoms with van der Waals surface area (Å²) < 4.78 is 38.2.